The number of amides is 2. The van der Waals surface area contributed by atoms with Gasteiger partial charge in [0.05, 0.1) is 25.7 Å². The Balaban J connectivity index is 2.23. The fourth-order valence-electron chi connectivity index (χ4n) is 1.97. The Morgan fingerprint density at radius 1 is 1.32 bits per heavy atom. The van der Waals surface area contributed by atoms with Gasteiger partial charge < -0.3 is 15.7 Å². The van der Waals surface area contributed by atoms with Crippen molar-refractivity contribution in [3.63, 3.8) is 0 Å². The van der Waals surface area contributed by atoms with Crippen molar-refractivity contribution in [3.8, 4) is 0 Å². The second-order valence-corrected chi connectivity index (χ2v) is 4.59. The number of anilines is 1. The van der Waals surface area contributed by atoms with Crippen molar-refractivity contribution in [1.82, 2.24) is 4.90 Å². The molecule has 1 fully saturated rings. The molecule has 1 aromatic rings. The number of nitrogens with zero attached hydrogens (tertiary/aromatic N) is 2. The summed E-state index contributed by atoms with van der Waals surface area (Å²) in [5.74, 6) is -0.457. The summed E-state index contributed by atoms with van der Waals surface area (Å²) in [4.78, 5) is 26.2. The number of rotatable bonds is 3. The molecule has 1 aliphatic rings. The van der Waals surface area contributed by atoms with Crippen molar-refractivity contribution >= 4 is 17.5 Å². The zero-order chi connectivity index (χ0) is 14.0. The van der Waals surface area contributed by atoms with Crippen molar-refractivity contribution < 1.29 is 14.7 Å². The van der Waals surface area contributed by atoms with E-state index in [-0.39, 0.29) is 31.5 Å². The molecule has 1 aliphatic heterocycles. The van der Waals surface area contributed by atoms with Gasteiger partial charge in [0, 0.05) is 12.7 Å². The normalized spacial score (nSPS) is 17.8. The predicted molar refractivity (Wildman–Crippen MR) is 70.4 cm³/mol. The van der Waals surface area contributed by atoms with E-state index in [4.69, 9.17) is 10.8 Å². The van der Waals surface area contributed by atoms with Crippen LogP contribution in [0.1, 0.15) is 11.6 Å². The highest BCUT2D eigenvalue weighted by molar-refractivity contribution is 6.02. The average Bonchev–Trinajstić information content (AvgIpc) is 2.43. The van der Waals surface area contributed by atoms with E-state index in [0.717, 1.165) is 16.2 Å². The highest BCUT2D eigenvalue weighted by Crippen LogP contribution is 2.21. The van der Waals surface area contributed by atoms with E-state index >= 15 is 0 Å². The number of piperazine rings is 1. The molecule has 1 atom stereocenters. The molecule has 0 bridgehead atoms. The van der Waals surface area contributed by atoms with Crippen LogP contribution >= 0.6 is 0 Å². The van der Waals surface area contributed by atoms with Crippen LogP contribution < -0.4 is 10.6 Å². The summed E-state index contributed by atoms with van der Waals surface area (Å²) in [6.45, 7) is 0.185. The van der Waals surface area contributed by atoms with Crippen LogP contribution in [-0.2, 0) is 9.59 Å². The Morgan fingerprint density at radius 2 is 1.95 bits per heavy atom. The first kappa shape index (κ1) is 13.5. The molecule has 1 saturated heterocycles. The third-order valence-electron chi connectivity index (χ3n) is 3.26. The molecule has 1 aromatic carbocycles. The Morgan fingerprint density at radius 3 is 2.53 bits per heavy atom. The van der Waals surface area contributed by atoms with Crippen molar-refractivity contribution in [2.45, 2.75) is 6.04 Å². The highest BCUT2D eigenvalue weighted by atomic mass is 16.3. The fraction of sp³-hybridized carbons (Fsp3) is 0.385. The molecular formula is C13H17N3O3. The second-order valence-electron chi connectivity index (χ2n) is 4.59. The number of hydrogen-bond donors (Lipinski definition) is 2. The van der Waals surface area contributed by atoms with E-state index in [1.54, 1.807) is 17.0 Å². The minimum atomic E-state index is -0.459. The lowest BCUT2D eigenvalue weighted by atomic mass is 10.1. The summed E-state index contributed by atoms with van der Waals surface area (Å²) in [7, 11) is 1.49. The lowest BCUT2D eigenvalue weighted by molar-refractivity contribution is -0.143. The van der Waals surface area contributed by atoms with Gasteiger partial charge in [-0.05, 0) is 17.7 Å². The lowest BCUT2D eigenvalue weighted by Gasteiger charge is -2.32. The number of imide groups is 1. The Hall–Kier alpha value is -1.92. The van der Waals surface area contributed by atoms with E-state index in [1.165, 1.54) is 7.05 Å². The van der Waals surface area contributed by atoms with Crippen LogP contribution in [0.5, 0.6) is 0 Å². The molecule has 0 spiro atoms. The zero-order valence-corrected chi connectivity index (χ0v) is 10.7. The van der Waals surface area contributed by atoms with Crippen LogP contribution in [0.2, 0.25) is 0 Å². The molecule has 102 valence electrons. The van der Waals surface area contributed by atoms with E-state index < -0.39 is 6.04 Å². The van der Waals surface area contributed by atoms with Gasteiger partial charge in [-0.1, -0.05) is 12.1 Å². The van der Waals surface area contributed by atoms with Crippen LogP contribution in [0, 0.1) is 0 Å². The second kappa shape index (κ2) is 5.38. The molecule has 2 rings (SSSR count). The summed E-state index contributed by atoms with van der Waals surface area (Å²) < 4.78 is 0. The smallest absolute Gasteiger partial charge is 0.248 e. The third kappa shape index (κ3) is 2.74. The maximum Gasteiger partial charge on any atom is 0.248 e. The van der Waals surface area contributed by atoms with E-state index in [2.05, 4.69) is 0 Å². The van der Waals surface area contributed by atoms with Gasteiger partial charge >= 0.3 is 0 Å². The number of carbonyl (C=O) groups excluding carboxylic acids is 2. The van der Waals surface area contributed by atoms with Gasteiger partial charge in [-0.15, -0.1) is 0 Å². The Bertz CT molecular complexity index is 486. The Labute approximate surface area is 111 Å². The standard InChI is InChI=1S/C13H17N3O3/c1-15-12(18)6-16(7-13(15)19)10-4-2-3-9(5-10)11(14)8-17/h2-5,11,17H,6-8,14H2,1H3. The van der Waals surface area contributed by atoms with Crippen molar-refractivity contribution in [3.05, 3.63) is 29.8 Å². The van der Waals surface area contributed by atoms with Crippen LogP contribution in [0.4, 0.5) is 5.69 Å². The van der Waals surface area contributed by atoms with Gasteiger partial charge in [0.2, 0.25) is 11.8 Å². The summed E-state index contributed by atoms with van der Waals surface area (Å²) in [5, 5.41) is 9.05. The molecule has 1 unspecified atom stereocenters. The number of aliphatic hydroxyl groups is 1. The third-order valence-corrected chi connectivity index (χ3v) is 3.26. The van der Waals surface area contributed by atoms with Crippen molar-refractivity contribution in [2.24, 2.45) is 5.73 Å². The maximum absolute atomic E-state index is 11.7. The van der Waals surface area contributed by atoms with E-state index in [1.807, 2.05) is 12.1 Å². The molecule has 0 aliphatic carbocycles. The van der Waals surface area contributed by atoms with Gasteiger partial charge in [0.15, 0.2) is 0 Å². The lowest BCUT2D eigenvalue weighted by Crippen LogP contribution is -2.52. The first-order chi connectivity index (χ1) is 9.02. The molecular weight excluding hydrogens is 246 g/mol. The summed E-state index contributed by atoms with van der Waals surface area (Å²) in [6.07, 6.45) is 0. The first-order valence-electron chi connectivity index (χ1n) is 6.03. The van der Waals surface area contributed by atoms with Crippen LogP contribution in [0.3, 0.4) is 0 Å². The molecule has 6 nitrogen and oxygen atoms in total. The number of nitrogens with two attached hydrogens (primary N) is 1. The molecule has 1 heterocycles. The molecule has 6 heteroatoms. The van der Waals surface area contributed by atoms with Crippen molar-refractivity contribution in [2.75, 3.05) is 31.6 Å². The molecule has 0 radical (unpaired) electrons. The Kier molecular flexibility index (Phi) is 3.82. The van der Waals surface area contributed by atoms with Gasteiger partial charge in [-0.3, -0.25) is 14.5 Å². The molecule has 3 N–H and O–H groups in total. The highest BCUT2D eigenvalue weighted by Gasteiger charge is 2.28. The van der Waals surface area contributed by atoms with Gasteiger partial charge in [-0.25, -0.2) is 0 Å². The maximum atomic E-state index is 11.7. The largest absolute Gasteiger partial charge is 0.394 e. The van der Waals surface area contributed by atoms with Gasteiger partial charge in [-0.2, -0.15) is 0 Å². The topological polar surface area (TPSA) is 86.9 Å². The van der Waals surface area contributed by atoms with Gasteiger partial charge in [0.1, 0.15) is 0 Å². The molecule has 0 saturated carbocycles. The monoisotopic (exact) mass is 263 g/mol. The minimum Gasteiger partial charge on any atom is -0.394 e. The minimum absolute atomic E-state index is 0.149. The number of likely N-dealkylation sites (N-methyl/N-ethyl adjacent to an activating group) is 1. The first-order valence-corrected chi connectivity index (χ1v) is 6.03. The van der Waals surface area contributed by atoms with Crippen molar-refractivity contribution in [1.29, 1.82) is 0 Å². The van der Waals surface area contributed by atoms with E-state index in [9.17, 15) is 9.59 Å². The molecule has 19 heavy (non-hydrogen) atoms. The average molecular weight is 263 g/mol. The molecule has 0 aromatic heterocycles. The predicted octanol–water partition coefficient (Wildman–Crippen LogP) is -0.516. The van der Waals surface area contributed by atoms with Gasteiger partial charge in [0.25, 0.3) is 0 Å². The quantitative estimate of drug-likeness (QED) is 0.717. The summed E-state index contributed by atoms with van der Waals surface area (Å²) in [6, 6.07) is 6.77. The SMILES string of the molecule is CN1C(=O)CN(c2cccc(C(N)CO)c2)CC1=O. The van der Waals surface area contributed by atoms with Crippen LogP contribution in [0.25, 0.3) is 0 Å². The van der Waals surface area contributed by atoms with Crippen LogP contribution in [-0.4, -0.2) is 48.6 Å². The number of aliphatic hydroxyl groups excluding tert-OH is 1. The summed E-state index contributed by atoms with van der Waals surface area (Å²) >= 11 is 0. The molecule has 2 amide bonds. The van der Waals surface area contributed by atoms with E-state index in [0.29, 0.717) is 0 Å². The fourth-order valence-corrected chi connectivity index (χ4v) is 1.97. The number of hydrogen-bond acceptors (Lipinski definition) is 5. The van der Waals surface area contributed by atoms with Crippen LogP contribution in [0.15, 0.2) is 24.3 Å². The zero-order valence-electron chi connectivity index (χ0n) is 10.7. The number of benzene rings is 1. The number of carbonyl (C=O) groups is 2. The summed E-state index contributed by atoms with van der Waals surface area (Å²) in [5.41, 5.74) is 7.30.